The Kier molecular flexibility index (Phi) is 10.7. The van der Waals surface area contributed by atoms with E-state index in [4.69, 9.17) is 24.9 Å². The van der Waals surface area contributed by atoms with E-state index in [0.717, 1.165) is 88.5 Å². The van der Waals surface area contributed by atoms with Crippen LogP contribution in [0.1, 0.15) is 39.7 Å². The van der Waals surface area contributed by atoms with Gasteiger partial charge in [-0.15, -0.1) is 0 Å². The summed E-state index contributed by atoms with van der Waals surface area (Å²) in [4.78, 5) is 26.9. The molecule has 3 aromatic heterocycles. The number of hydrogen-bond acceptors (Lipinski definition) is 6. The molecule has 8 nitrogen and oxygen atoms in total. The summed E-state index contributed by atoms with van der Waals surface area (Å²) in [6, 6.07) is 98.8. The van der Waals surface area contributed by atoms with Crippen LogP contribution in [-0.2, 0) is 5.41 Å². The zero-order valence-corrected chi connectivity index (χ0v) is 43.8. The largest absolute Gasteiger partial charge is 0.331 e. The first-order valence-electron chi connectivity index (χ1n) is 27.4. The smallest absolute Gasteiger partial charge is 0.204 e. The maximum absolute atomic E-state index is 5.90. The number of fused-ring (bicyclic) bond motifs is 10. The highest BCUT2D eigenvalue weighted by atomic mass is 15.3. The van der Waals surface area contributed by atoms with Crippen molar-refractivity contribution in [1.29, 1.82) is 0 Å². The quantitative estimate of drug-likeness (QED) is 0.156. The van der Waals surface area contributed by atoms with Crippen molar-refractivity contribution in [3.63, 3.8) is 0 Å². The van der Waals surface area contributed by atoms with Crippen molar-refractivity contribution in [2.24, 2.45) is 9.98 Å². The molecule has 14 aromatic rings. The summed E-state index contributed by atoms with van der Waals surface area (Å²) in [5, 5.41) is 8.44. The molecule has 0 amide bonds. The van der Waals surface area contributed by atoms with Crippen LogP contribution in [0.3, 0.4) is 0 Å². The predicted molar refractivity (Wildman–Crippen MR) is 329 cm³/mol. The van der Waals surface area contributed by atoms with E-state index in [1.54, 1.807) is 0 Å². The fraction of sp³-hybridized carbons (Fsp3) is 0.0274. The molecule has 4 heterocycles. The standard InChI is InChI=1S/C73H48N8/c1-6-24-47(25-7-1)67-74-68(48-26-8-2-9-27-48)76-70(75-67)50-30-22-35-53(46-50)80-62-42-20-17-37-55(62)58-44-45-59-56-38-18-21-43-63(56)81(66(59)65(58)80)72-78-69(49-28-10-3-11-29-49)77-71(79-72)60-40-23-39-57-54-36-16-19-41-61(54)73(64(57)60,51-31-12-4-13-32-51)52-33-14-5-15-34-52/h1-46,72H,(H,77,78,79). The lowest BCUT2D eigenvalue weighted by Gasteiger charge is -2.35. The van der Waals surface area contributed by atoms with Gasteiger partial charge < -0.3 is 9.88 Å². The van der Waals surface area contributed by atoms with Crippen molar-refractivity contribution in [2.45, 2.75) is 11.7 Å². The van der Waals surface area contributed by atoms with Crippen LogP contribution in [0.4, 0.5) is 0 Å². The fourth-order valence-electron chi connectivity index (χ4n) is 12.9. The number of nitrogens with one attached hydrogen (secondary N) is 1. The molecular formula is C73H48N8. The number of aliphatic imine (C=N–C) groups is 2. The molecule has 1 unspecified atom stereocenters. The van der Waals surface area contributed by atoms with Crippen LogP contribution < -0.4 is 5.32 Å². The molecule has 1 aliphatic heterocycles. The van der Waals surface area contributed by atoms with Crippen LogP contribution in [0.15, 0.2) is 289 Å². The van der Waals surface area contributed by atoms with Crippen LogP contribution in [-0.4, -0.2) is 35.8 Å². The summed E-state index contributed by atoms with van der Waals surface area (Å²) < 4.78 is 4.83. The van der Waals surface area contributed by atoms with Crippen LogP contribution in [0.25, 0.3) is 94.6 Å². The van der Waals surface area contributed by atoms with Gasteiger partial charge in [-0.05, 0) is 57.6 Å². The van der Waals surface area contributed by atoms with Gasteiger partial charge in [0, 0.05) is 55.0 Å². The first-order valence-corrected chi connectivity index (χ1v) is 27.4. The minimum atomic E-state index is -0.682. The highest BCUT2D eigenvalue weighted by molar-refractivity contribution is 6.24. The van der Waals surface area contributed by atoms with E-state index in [1.165, 1.54) is 27.8 Å². The number of hydrogen-bond donors (Lipinski definition) is 1. The van der Waals surface area contributed by atoms with Crippen molar-refractivity contribution in [2.75, 3.05) is 0 Å². The summed E-state index contributed by atoms with van der Waals surface area (Å²) in [6.45, 7) is 0. The molecule has 1 atom stereocenters. The van der Waals surface area contributed by atoms with E-state index in [0.29, 0.717) is 23.3 Å². The van der Waals surface area contributed by atoms with Gasteiger partial charge in [-0.3, -0.25) is 4.57 Å². The molecule has 380 valence electrons. The van der Waals surface area contributed by atoms with Crippen molar-refractivity contribution in [3.8, 4) is 51.0 Å². The number of nitrogens with zero attached hydrogens (tertiary/aromatic N) is 7. The van der Waals surface area contributed by atoms with Crippen molar-refractivity contribution in [3.05, 3.63) is 312 Å². The molecule has 0 spiro atoms. The third-order valence-corrected chi connectivity index (χ3v) is 16.3. The third kappa shape index (κ3) is 7.27. The Morgan fingerprint density at radius 2 is 0.852 bits per heavy atom. The second kappa shape index (κ2) is 18.7. The molecule has 0 saturated carbocycles. The number of aromatic nitrogens is 5. The Morgan fingerprint density at radius 1 is 0.370 bits per heavy atom. The Morgan fingerprint density at radius 3 is 1.51 bits per heavy atom. The van der Waals surface area contributed by atoms with Gasteiger partial charge in [0.2, 0.25) is 6.29 Å². The van der Waals surface area contributed by atoms with E-state index < -0.39 is 11.7 Å². The van der Waals surface area contributed by atoms with Crippen molar-refractivity contribution < 1.29 is 0 Å². The molecule has 11 aromatic carbocycles. The topological polar surface area (TPSA) is 85.3 Å². The lowest BCUT2D eigenvalue weighted by atomic mass is 9.66. The molecular weight excluding hydrogens is 989 g/mol. The second-order valence-corrected chi connectivity index (χ2v) is 20.7. The number of para-hydroxylation sites is 2. The SMILES string of the molecule is c1ccc(C2=NC(c3cccc4c3C(c3ccccc3)(c3ccccc3)c3ccccc3-4)=NC(n3c4ccccc4c4ccc5c6ccccc6n(-c6cccc(-c7nc(-c8ccccc8)nc(-c8ccccc8)n7)c6)c5c43)N2)cc1. The van der Waals surface area contributed by atoms with Gasteiger partial charge >= 0.3 is 0 Å². The first kappa shape index (κ1) is 46.3. The maximum atomic E-state index is 5.90. The minimum Gasteiger partial charge on any atom is -0.331 e. The molecule has 1 N–H and O–H groups in total. The molecule has 0 radical (unpaired) electrons. The van der Waals surface area contributed by atoms with E-state index in [-0.39, 0.29) is 0 Å². The van der Waals surface area contributed by atoms with Gasteiger partial charge in [-0.2, -0.15) is 0 Å². The van der Waals surface area contributed by atoms with E-state index in [9.17, 15) is 0 Å². The minimum absolute atomic E-state index is 0.588. The van der Waals surface area contributed by atoms with Crippen LogP contribution >= 0.6 is 0 Å². The first-order chi connectivity index (χ1) is 40.2. The van der Waals surface area contributed by atoms with Crippen LogP contribution in [0, 0.1) is 0 Å². The average molecular weight is 1040 g/mol. The van der Waals surface area contributed by atoms with Crippen molar-refractivity contribution >= 4 is 55.3 Å². The van der Waals surface area contributed by atoms with Crippen LogP contribution in [0.5, 0.6) is 0 Å². The molecule has 0 saturated heterocycles. The predicted octanol–water partition coefficient (Wildman–Crippen LogP) is 16.4. The highest BCUT2D eigenvalue weighted by Crippen LogP contribution is 2.57. The van der Waals surface area contributed by atoms with Gasteiger partial charge in [0.25, 0.3) is 0 Å². The molecule has 16 rings (SSSR count). The van der Waals surface area contributed by atoms with Crippen LogP contribution in [0.2, 0.25) is 0 Å². The highest BCUT2D eigenvalue weighted by Gasteiger charge is 2.48. The molecule has 2 aliphatic rings. The summed E-state index contributed by atoms with van der Waals surface area (Å²) in [5.74, 6) is 3.19. The van der Waals surface area contributed by atoms with Gasteiger partial charge in [-0.25, -0.2) is 24.9 Å². The number of amidine groups is 2. The lowest BCUT2D eigenvalue weighted by molar-refractivity contribution is 0.516. The van der Waals surface area contributed by atoms with Gasteiger partial charge in [0.05, 0.1) is 27.5 Å². The van der Waals surface area contributed by atoms with Gasteiger partial charge in [0.15, 0.2) is 23.3 Å². The molecule has 1 aliphatic carbocycles. The molecule has 8 heteroatoms. The van der Waals surface area contributed by atoms with Gasteiger partial charge in [0.1, 0.15) is 5.84 Å². The number of benzene rings is 11. The Balaban J connectivity index is 0.955. The second-order valence-electron chi connectivity index (χ2n) is 20.7. The summed E-state index contributed by atoms with van der Waals surface area (Å²) in [6.07, 6.45) is -0.654. The van der Waals surface area contributed by atoms with E-state index in [1.807, 2.05) is 60.7 Å². The average Bonchev–Trinajstić information content (AvgIpc) is 4.27. The van der Waals surface area contributed by atoms with E-state index in [2.05, 4.69) is 233 Å². The normalized spacial score (nSPS) is 14.4. The summed E-state index contributed by atoms with van der Waals surface area (Å²) in [5.41, 5.74) is 16.3. The monoisotopic (exact) mass is 1040 g/mol. The Bertz CT molecular complexity index is 4740. The lowest BCUT2D eigenvalue weighted by Crippen LogP contribution is -2.37. The molecule has 0 fully saturated rings. The summed E-state index contributed by atoms with van der Waals surface area (Å²) >= 11 is 0. The summed E-state index contributed by atoms with van der Waals surface area (Å²) in [7, 11) is 0. The van der Waals surface area contributed by atoms with Crippen molar-refractivity contribution in [1.82, 2.24) is 29.4 Å². The zero-order valence-electron chi connectivity index (χ0n) is 43.8. The molecule has 0 bridgehead atoms. The van der Waals surface area contributed by atoms with E-state index >= 15 is 0 Å². The Hall–Kier alpha value is -10.8. The zero-order chi connectivity index (χ0) is 53.4. The maximum Gasteiger partial charge on any atom is 0.204 e. The third-order valence-electron chi connectivity index (χ3n) is 16.3. The Labute approximate surface area is 467 Å². The van der Waals surface area contributed by atoms with Gasteiger partial charge in [-0.1, -0.05) is 255 Å². The fourth-order valence-corrected chi connectivity index (χ4v) is 12.9. The number of rotatable bonds is 9. The molecule has 81 heavy (non-hydrogen) atoms.